The molecule has 0 N–H and O–H groups in total. The summed E-state index contributed by atoms with van der Waals surface area (Å²) in [5, 5.41) is 0. The maximum atomic E-state index is 11.7. The number of ether oxygens (including phenoxy) is 1. The van der Waals surface area contributed by atoms with Crippen LogP contribution in [0.2, 0.25) is 0 Å². The molecule has 0 saturated carbocycles. The second-order valence-electron chi connectivity index (χ2n) is 3.83. The van der Waals surface area contributed by atoms with Gasteiger partial charge in [0.2, 0.25) is 0 Å². The van der Waals surface area contributed by atoms with Crippen molar-refractivity contribution in [1.29, 1.82) is 0 Å². The van der Waals surface area contributed by atoms with Gasteiger partial charge in [0.15, 0.2) is 0 Å². The summed E-state index contributed by atoms with van der Waals surface area (Å²) in [6.45, 7) is 8.32. The molecular weight excluding hydrogens is 202 g/mol. The summed E-state index contributed by atoms with van der Waals surface area (Å²) in [5.74, 6) is 0. The van der Waals surface area contributed by atoms with Crippen LogP contribution in [0.15, 0.2) is 30.3 Å². The molecule has 0 aliphatic rings. The maximum Gasteiger partial charge on any atom is 0.410 e. The van der Waals surface area contributed by atoms with Crippen molar-refractivity contribution in [2.75, 3.05) is 6.54 Å². The lowest BCUT2D eigenvalue weighted by atomic mass is 10.2. The van der Waals surface area contributed by atoms with Gasteiger partial charge >= 0.3 is 6.09 Å². The lowest BCUT2D eigenvalue weighted by Gasteiger charge is -2.24. The second kappa shape index (κ2) is 6.16. The van der Waals surface area contributed by atoms with E-state index < -0.39 is 0 Å². The molecule has 0 unspecified atom stereocenters. The Bertz CT molecular complexity index is 322. The molecule has 0 aliphatic carbocycles. The number of nitrogens with zero attached hydrogens (tertiary/aromatic N) is 1. The van der Waals surface area contributed by atoms with E-state index in [1.54, 1.807) is 4.90 Å². The fourth-order valence-corrected chi connectivity index (χ4v) is 1.36. The lowest BCUT2D eigenvalue weighted by Crippen LogP contribution is -2.37. The van der Waals surface area contributed by atoms with Crippen LogP contribution in [0.3, 0.4) is 0 Å². The molecule has 0 atom stereocenters. The van der Waals surface area contributed by atoms with Gasteiger partial charge < -0.3 is 9.64 Å². The number of hydrogen-bond donors (Lipinski definition) is 0. The minimum absolute atomic E-state index is 0.112. The second-order valence-corrected chi connectivity index (χ2v) is 3.83. The van der Waals surface area contributed by atoms with Crippen LogP contribution in [0.4, 0.5) is 4.79 Å². The highest BCUT2D eigenvalue weighted by molar-refractivity contribution is 5.68. The molecule has 3 nitrogen and oxygen atoms in total. The summed E-state index contributed by atoms with van der Waals surface area (Å²) in [5.41, 5.74) is 0.989. The normalized spacial score (nSPS) is 10.2. The summed E-state index contributed by atoms with van der Waals surface area (Å²) >= 11 is 0. The average molecular weight is 220 g/mol. The Morgan fingerprint density at radius 1 is 1.38 bits per heavy atom. The van der Waals surface area contributed by atoms with Crippen LogP contribution in [0.1, 0.15) is 19.4 Å². The van der Waals surface area contributed by atoms with Crippen LogP contribution in [0.25, 0.3) is 0 Å². The zero-order valence-corrected chi connectivity index (χ0v) is 9.85. The van der Waals surface area contributed by atoms with Gasteiger partial charge in [0.25, 0.3) is 0 Å². The third-order valence-corrected chi connectivity index (χ3v) is 2.30. The number of benzene rings is 1. The Kier molecular flexibility index (Phi) is 4.83. The van der Waals surface area contributed by atoms with Gasteiger partial charge in [-0.2, -0.15) is 0 Å². The van der Waals surface area contributed by atoms with E-state index >= 15 is 0 Å². The van der Waals surface area contributed by atoms with Crippen molar-refractivity contribution in [1.82, 2.24) is 4.90 Å². The van der Waals surface area contributed by atoms with E-state index in [4.69, 9.17) is 4.74 Å². The zero-order valence-electron chi connectivity index (χ0n) is 9.85. The van der Waals surface area contributed by atoms with E-state index in [0.29, 0.717) is 13.2 Å². The molecular formula is C13H18NO2. The first-order valence-corrected chi connectivity index (χ1v) is 5.41. The van der Waals surface area contributed by atoms with Gasteiger partial charge in [-0.25, -0.2) is 4.79 Å². The molecule has 1 amide bonds. The molecule has 1 rings (SSSR count). The highest BCUT2D eigenvalue weighted by Gasteiger charge is 2.15. The number of carbonyl (C=O) groups is 1. The van der Waals surface area contributed by atoms with E-state index in [9.17, 15) is 4.79 Å². The van der Waals surface area contributed by atoms with Gasteiger partial charge in [-0.1, -0.05) is 30.3 Å². The van der Waals surface area contributed by atoms with Crippen molar-refractivity contribution in [2.45, 2.75) is 26.5 Å². The molecule has 0 aromatic heterocycles. The number of hydrogen-bond acceptors (Lipinski definition) is 2. The van der Waals surface area contributed by atoms with Crippen molar-refractivity contribution in [2.24, 2.45) is 0 Å². The van der Waals surface area contributed by atoms with Crippen molar-refractivity contribution in [3.8, 4) is 0 Å². The van der Waals surface area contributed by atoms with Crippen LogP contribution in [-0.4, -0.2) is 23.6 Å². The number of carbonyl (C=O) groups excluding carboxylic acids is 1. The maximum absolute atomic E-state index is 11.7. The summed E-state index contributed by atoms with van der Waals surface area (Å²) < 4.78 is 5.19. The molecule has 87 valence electrons. The molecule has 0 bridgehead atoms. The fraction of sp³-hybridized carbons (Fsp3) is 0.385. The quantitative estimate of drug-likeness (QED) is 0.780. The van der Waals surface area contributed by atoms with Crippen molar-refractivity contribution in [3.05, 3.63) is 42.8 Å². The minimum Gasteiger partial charge on any atom is -0.445 e. The first-order valence-electron chi connectivity index (χ1n) is 5.41. The molecule has 3 heteroatoms. The van der Waals surface area contributed by atoms with Crippen molar-refractivity contribution in [3.63, 3.8) is 0 Å². The van der Waals surface area contributed by atoms with Crippen molar-refractivity contribution < 1.29 is 9.53 Å². The standard InChI is InChI=1S/C13H18NO2/c1-4-14(11(2)3)13(15)16-10-12-8-6-5-7-9-12/h5-9,11H,1,4,10H2,2-3H3. The Balaban J connectivity index is 2.46. The van der Waals surface area contributed by atoms with E-state index in [2.05, 4.69) is 6.92 Å². The van der Waals surface area contributed by atoms with E-state index in [1.165, 1.54) is 0 Å². The Morgan fingerprint density at radius 3 is 2.50 bits per heavy atom. The van der Waals surface area contributed by atoms with Gasteiger partial charge in [0, 0.05) is 12.6 Å². The topological polar surface area (TPSA) is 29.5 Å². The molecule has 0 saturated heterocycles. The predicted octanol–water partition coefficient (Wildman–Crippen LogP) is 2.87. The largest absolute Gasteiger partial charge is 0.445 e. The zero-order chi connectivity index (χ0) is 12.0. The molecule has 16 heavy (non-hydrogen) atoms. The Hall–Kier alpha value is -1.51. The summed E-state index contributed by atoms with van der Waals surface area (Å²) in [4.78, 5) is 13.2. The van der Waals surface area contributed by atoms with Crippen molar-refractivity contribution >= 4 is 6.09 Å². The summed E-state index contributed by atoms with van der Waals surface area (Å²) in [6, 6.07) is 9.74. The van der Waals surface area contributed by atoms with Gasteiger partial charge in [-0.05, 0) is 26.3 Å². The highest BCUT2D eigenvalue weighted by Crippen LogP contribution is 2.05. The third kappa shape index (κ3) is 3.57. The Morgan fingerprint density at radius 2 is 2.00 bits per heavy atom. The monoisotopic (exact) mass is 220 g/mol. The Labute approximate surface area is 97.0 Å². The molecule has 0 aliphatic heterocycles. The fourth-order valence-electron chi connectivity index (χ4n) is 1.36. The minimum atomic E-state index is -0.311. The molecule has 1 radical (unpaired) electrons. The van der Waals surface area contributed by atoms with Crippen LogP contribution < -0.4 is 0 Å². The average Bonchev–Trinajstić information content (AvgIpc) is 2.28. The number of amides is 1. The van der Waals surface area contributed by atoms with Gasteiger partial charge in [0.1, 0.15) is 6.61 Å². The number of rotatable bonds is 4. The van der Waals surface area contributed by atoms with E-state index in [0.717, 1.165) is 5.56 Å². The predicted molar refractivity (Wildman–Crippen MR) is 63.8 cm³/mol. The van der Waals surface area contributed by atoms with Gasteiger partial charge in [-0.15, -0.1) is 0 Å². The lowest BCUT2D eigenvalue weighted by molar-refractivity contribution is 0.0903. The van der Waals surface area contributed by atoms with Gasteiger partial charge in [0.05, 0.1) is 0 Å². The van der Waals surface area contributed by atoms with Crippen LogP contribution >= 0.6 is 0 Å². The molecule has 0 heterocycles. The van der Waals surface area contributed by atoms with E-state index in [1.807, 2.05) is 44.2 Å². The van der Waals surface area contributed by atoms with Crippen LogP contribution in [-0.2, 0) is 11.3 Å². The summed E-state index contributed by atoms with van der Waals surface area (Å²) in [7, 11) is 0. The SMILES string of the molecule is [CH2]CN(C(=O)OCc1ccccc1)C(C)C. The first kappa shape index (κ1) is 12.6. The molecule has 0 fully saturated rings. The first-order chi connectivity index (χ1) is 7.65. The van der Waals surface area contributed by atoms with Gasteiger partial charge in [-0.3, -0.25) is 0 Å². The third-order valence-electron chi connectivity index (χ3n) is 2.30. The van der Waals surface area contributed by atoms with Crippen LogP contribution in [0, 0.1) is 6.92 Å². The molecule has 1 aromatic rings. The van der Waals surface area contributed by atoms with Crippen LogP contribution in [0.5, 0.6) is 0 Å². The highest BCUT2D eigenvalue weighted by atomic mass is 16.6. The molecule has 1 aromatic carbocycles. The summed E-state index contributed by atoms with van der Waals surface area (Å²) in [6.07, 6.45) is -0.311. The smallest absolute Gasteiger partial charge is 0.410 e. The molecule has 0 spiro atoms. The van der Waals surface area contributed by atoms with E-state index in [-0.39, 0.29) is 12.1 Å².